The Balaban J connectivity index is 2.44. The lowest BCUT2D eigenvalue weighted by molar-refractivity contribution is 0.461. The van der Waals surface area contributed by atoms with Gasteiger partial charge in [0.25, 0.3) is 0 Å². The standard InChI is InChI=1S/C14H22Si/c1-12-8-7-11-14(12,15(2)3)13-9-5-4-6-10-13/h4-6,9-10,12,15H,7-8,11H2,1-3H3. The third-order valence-electron chi connectivity index (χ3n) is 4.45. The van der Waals surface area contributed by atoms with Gasteiger partial charge in [0.05, 0.1) is 0 Å². The summed E-state index contributed by atoms with van der Waals surface area (Å²) in [6, 6.07) is 11.3. The van der Waals surface area contributed by atoms with E-state index in [2.05, 4.69) is 50.3 Å². The van der Waals surface area contributed by atoms with Crippen molar-refractivity contribution in [1.29, 1.82) is 0 Å². The van der Waals surface area contributed by atoms with Crippen LogP contribution < -0.4 is 0 Å². The van der Waals surface area contributed by atoms with Gasteiger partial charge in [0.2, 0.25) is 0 Å². The molecule has 1 heteroatoms. The maximum absolute atomic E-state index is 2.52. The fraction of sp³-hybridized carbons (Fsp3) is 0.571. The molecule has 1 aliphatic rings. The first kappa shape index (κ1) is 10.9. The Kier molecular flexibility index (Phi) is 3.01. The van der Waals surface area contributed by atoms with E-state index >= 15 is 0 Å². The van der Waals surface area contributed by atoms with E-state index in [1.807, 2.05) is 0 Å². The summed E-state index contributed by atoms with van der Waals surface area (Å²) in [7, 11) is -0.643. The predicted molar refractivity (Wildman–Crippen MR) is 70.0 cm³/mol. The van der Waals surface area contributed by atoms with Crippen molar-refractivity contribution in [3.05, 3.63) is 35.9 Å². The minimum absolute atomic E-state index is 0.585. The minimum Gasteiger partial charge on any atom is -0.0714 e. The third-order valence-corrected chi connectivity index (χ3v) is 7.70. The number of hydrogen-bond donors (Lipinski definition) is 0. The zero-order valence-electron chi connectivity index (χ0n) is 10.2. The normalized spacial score (nSPS) is 31.1. The first-order chi connectivity index (χ1) is 7.18. The molecule has 0 aliphatic heterocycles. The van der Waals surface area contributed by atoms with Gasteiger partial charge in [-0.1, -0.05) is 63.2 Å². The maximum atomic E-state index is 2.52. The highest BCUT2D eigenvalue weighted by atomic mass is 28.3. The number of hydrogen-bond acceptors (Lipinski definition) is 0. The Morgan fingerprint density at radius 1 is 1.20 bits per heavy atom. The molecule has 15 heavy (non-hydrogen) atoms. The van der Waals surface area contributed by atoms with Gasteiger partial charge in [-0.3, -0.25) is 0 Å². The molecular formula is C14H22Si. The molecule has 0 N–H and O–H groups in total. The molecule has 2 unspecified atom stereocenters. The summed E-state index contributed by atoms with van der Waals surface area (Å²) >= 11 is 0. The molecule has 1 aromatic carbocycles. The average Bonchev–Trinajstić information content (AvgIpc) is 2.62. The van der Waals surface area contributed by atoms with E-state index < -0.39 is 8.80 Å². The van der Waals surface area contributed by atoms with Gasteiger partial charge >= 0.3 is 0 Å². The molecule has 0 saturated heterocycles. The Morgan fingerprint density at radius 3 is 2.33 bits per heavy atom. The van der Waals surface area contributed by atoms with Crippen molar-refractivity contribution in [2.75, 3.05) is 0 Å². The fourth-order valence-corrected chi connectivity index (χ4v) is 6.52. The summed E-state index contributed by atoms with van der Waals surface area (Å²) in [4.78, 5) is 0. The van der Waals surface area contributed by atoms with Crippen LogP contribution in [0.5, 0.6) is 0 Å². The zero-order valence-corrected chi connectivity index (χ0v) is 11.3. The van der Waals surface area contributed by atoms with Gasteiger partial charge in [-0.05, 0) is 22.9 Å². The van der Waals surface area contributed by atoms with E-state index in [4.69, 9.17) is 0 Å². The van der Waals surface area contributed by atoms with Crippen LogP contribution in [0, 0.1) is 5.92 Å². The lowest BCUT2D eigenvalue weighted by atomic mass is 9.89. The highest BCUT2D eigenvalue weighted by molar-refractivity contribution is 6.59. The van der Waals surface area contributed by atoms with Crippen LogP contribution in [0.4, 0.5) is 0 Å². The van der Waals surface area contributed by atoms with Gasteiger partial charge in [0.15, 0.2) is 0 Å². The van der Waals surface area contributed by atoms with E-state index in [9.17, 15) is 0 Å². The topological polar surface area (TPSA) is 0 Å². The average molecular weight is 218 g/mol. The van der Waals surface area contributed by atoms with Crippen molar-refractivity contribution in [2.45, 2.75) is 44.3 Å². The van der Waals surface area contributed by atoms with Crippen LogP contribution in [0.2, 0.25) is 13.1 Å². The smallest absolute Gasteiger partial charge is 0.0430 e. The zero-order chi connectivity index (χ0) is 10.9. The lowest BCUT2D eigenvalue weighted by Crippen LogP contribution is -2.41. The largest absolute Gasteiger partial charge is 0.0714 e. The van der Waals surface area contributed by atoms with Gasteiger partial charge in [0.1, 0.15) is 0 Å². The molecule has 82 valence electrons. The van der Waals surface area contributed by atoms with Crippen LogP contribution in [0.3, 0.4) is 0 Å². The Hall–Kier alpha value is -0.563. The van der Waals surface area contributed by atoms with Crippen molar-refractivity contribution in [2.24, 2.45) is 5.92 Å². The van der Waals surface area contributed by atoms with Crippen LogP contribution in [0.1, 0.15) is 31.7 Å². The van der Waals surface area contributed by atoms with Crippen LogP contribution >= 0.6 is 0 Å². The van der Waals surface area contributed by atoms with Crippen molar-refractivity contribution in [3.63, 3.8) is 0 Å². The quantitative estimate of drug-likeness (QED) is 0.663. The van der Waals surface area contributed by atoms with Crippen LogP contribution in [0.15, 0.2) is 30.3 Å². The van der Waals surface area contributed by atoms with E-state index in [1.54, 1.807) is 5.56 Å². The fourth-order valence-electron chi connectivity index (χ4n) is 3.57. The van der Waals surface area contributed by atoms with Crippen LogP contribution in [-0.4, -0.2) is 8.80 Å². The molecular weight excluding hydrogens is 196 g/mol. The molecule has 2 rings (SSSR count). The van der Waals surface area contributed by atoms with Crippen molar-refractivity contribution in [1.82, 2.24) is 0 Å². The van der Waals surface area contributed by atoms with E-state index in [1.165, 1.54) is 19.3 Å². The Morgan fingerprint density at radius 2 is 1.87 bits per heavy atom. The molecule has 1 saturated carbocycles. The van der Waals surface area contributed by atoms with Crippen LogP contribution in [0.25, 0.3) is 0 Å². The summed E-state index contributed by atoms with van der Waals surface area (Å²) in [6.45, 7) is 7.51. The number of rotatable bonds is 2. The minimum atomic E-state index is -0.643. The second-order valence-corrected chi connectivity index (χ2v) is 8.69. The predicted octanol–water partition coefficient (Wildman–Crippen LogP) is 3.77. The highest BCUT2D eigenvalue weighted by Crippen LogP contribution is 2.47. The Bertz CT molecular complexity index is 317. The second-order valence-electron chi connectivity index (χ2n) is 5.35. The maximum Gasteiger partial charge on any atom is 0.0430 e. The lowest BCUT2D eigenvalue weighted by Gasteiger charge is -2.38. The molecule has 0 radical (unpaired) electrons. The first-order valence-electron chi connectivity index (χ1n) is 6.23. The van der Waals surface area contributed by atoms with E-state index in [0.29, 0.717) is 5.04 Å². The molecule has 1 aliphatic carbocycles. The summed E-state index contributed by atoms with van der Waals surface area (Å²) in [5.74, 6) is 0.895. The molecule has 1 aromatic rings. The first-order valence-corrected chi connectivity index (χ1v) is 9.12. The Labute approximate surface area is 95.3 Å². The summed E-state index contributed by atoms with van der Waals surface area (Å²) in [5.41, 5.74) is 1.62. The SMILES string of the molecule is CC1CCCC1(c1ccccc1)[SiH](C)C. The monoisotopic (exact) mass is 218 g/mol. The van der Waals surface area contributed by atoms with E-state index in [-0.39, 0.29) is 0 Å². The third kappa shape index (κ3) is 1.67. The summed E-state index contributed by atoms with van der Waals surface area (Å²) in [5, 5.41) is 0.585. The van der Waals surface area contributed by atoms with E-state index in [0.717, 1.165) is 5.92 Å². The van der Waals surface area contributed by atoms with Crippen LogP contribution in [-0.2, 0) is 5.04 Å². The molecule has 0 amide bonds. The molecule has 2 atom stereocenters. The van der Waals surface area contributed by atoms with Crippen molar-refractivity contribution in [3.8, 4) is 0 Å². The molecule has 0 nitrogen and oxygen atoms in total. The van der Waals surface area contributed by atoms with Gasteiger partial charge in [-0.15, -0.1) is 0 Å². The second kappa shape index (κ2) is 4.13. The van der Waals surface area contributed by atoms with Gasteiger partial charge in [-0.25, -0.2) is 0 Å². The summed E-state index contributed by atoms with van der Waals surface area (Å²) in [6.07, 6.45) is 4.30. The van der Waals surface area contributed by atoms with Crippen molar-refractivity contribution < 1.29 is 0 Å². The summed E-state index contributed by atoms with van der Waals surface area (Å²) < 4.78 is 0. The number of benzene rings is 1. The van der Waals surface area contributed by atoms with Gasteiger partial charge in [0, 0.05) is 8.80 Å². The molecule has 0 aromatic heterocycles. The molecule has 0 spiro atoms. The van der Waals surface area contributed by atoms with Crippen molar-refractivity contribution >= 4 is 8.80 Å². The highest BCUT2D eigenvalue weighted by Gasteiger charge is 2.44. The molecule has 1 fully saturated rings. The van der Waals surface area contributed by atoms with Gasteiger partial charge in [-0.2, -0.15) is 0 Å². The van der Waals surface area contributed by atoms with Gasteiger partial charge < -0.3 is 0 Å². The molecule has 0 bridgehead atoms. The molecule has 0 heterocycles.